The summed E-state index contributed by atoms with van der Waals surface area (Å²) in [5.41, 5.74) is 0.869. The van der Waals surface area contributed by atoms with Crippen LogP contribution in [0.5, 0.6) is 0 Å². The van der Waals surface area contributed by atoms with Crippen LogP contribution in [0.15, 0.2) is 28.6 Å². The third-order valence-electron chi connectivity index (χ3n) is 2.20. The molecular weight excluding hydrogens is 312 g/mol. The fraction of sp³-hybridized carbons (Fsp3) is 0.0833. The van der Waals surface area contributed by atoms with Gasteiger partial charge in [0.05, 0.1) is 5.69 Å². The van der Waals surface area contributed by atoms with Gasteiger partial charge in [0.2, 0.25) is 11.0 Å². The SMILES string of the molecule is C#Cc1cccc(NS(=O)(=O)c2nnc(NC(C)=O)s2)c1. The van der Waals surface area contributed by atoms with E-state index in [2.05, 4.69) is 26.2 Å². The number of benzene rings is 1. The minimum absolute atomic E-state index is 0.111. The van der Waals surface area contributed by atoms with E-state index in [9.17, 15) is 13.2 Å². The van der Waals surface area contributed by atoms with Gasteiger partial charge in [-0.25, -0.2) is 0 Å². The number of nitrogens with zero attached hydrogens (tertiary/aromatic N) is 2. The van der Waals surface area contributed by atoms with Crippen LogP contribution in [0.4, 0.5) is 10.8 Å². The summed E-state index contributed by atoms with van der Waals surface area (Å²) in [7, 11) is -3.88. The lowest BCUT2D eigenvalue weighted by Gasteiger charge is -2.05. The predicted molar refractivity (Wildman–Crippen MR) is 79.4 cm³/mol. The number of nitrogens with one attached hydrogen (secondary N) is 2. The number of amides is 1. The second-order valence-electron chi connectivity index (χ2n) is 3.88. The molecule has 0 aliphatic heterocycles. The van der Waals surface area contributed by atoms with E-state index in [0.717, 1.165) is 11.3 Å². The molecule has 1 aromatic carbocycles. The lowest BCUT2D eigenvalue weighted by Crippen LogP contribution is -2.12. The van der Waals surface area contributed by atoms with Crippen molar-refractivity contribution in [1.82, 2.24) is 10.2 Å². The first-order valence-corrected chi connectivity index (χ1v) is 7.91. The van der Waals surface area contributed by atoms with Crippen molar-refractivity contribution in [2.24, 2.45) is 0 Å². The number of hydrogen-bond acceptors (Lipinski definition) is 6. The van der Waals surface area contributed by atoms with Gasteiger partial charge in [-0.15, -0.1) is 16.6 Å². The number of carbonyl (C=O) groups excluding carboxylic acids is 1. The molecule has 1 aromatic heterocycles. The second-order valence-corrected chi connectivity index (χ2v) is 6.72. The second kappa shape index (κ2) is 5.90. The number of carbonyl (C=O) groups is 1. The molecule has 21 heavy (non-hydrogen) atoms. The van der Waals surface area contributed by atoms with Crippen molar-refractivity contribution in [1.29, 1.82) is 0 Å². The first kappa shape index (κ1) is 15.0. The largest absolute Gasteiger partial charge is 0.301 e. The summed E-state index contributed by atoms with van der Waals surface area (Å²) < 4.78 is 26.4. The molecule has 9 heteroatoms. The number of sulfonamides is 1. The molecule has 2 N–H and O–H groups in total. The van der Waals surface area contributed by atoms with Crippen LogP contribution in [0.2, 0.25) is 0 Å². The molecule has 108 valence electrons. The molecule has 2 rings (SSSR count). The highest BCUT2D eigenvalue weighted by Crippen LogP contribution is 2.22. The van der Waals surface area contributed by atoms with Crippen molar-refractivity contribution < 1.29 is 13.2 Å². The van der Waals surface area contributed by atoms with Crippen LogP contribution < -0.4 is 10.0 Å². The summed E-state index contributed by atoms with van der Waals surface area (Å²) in [6.45, 7) is 1.29. The molecule has 1 amide bonds. The van der Waals surface area contributed by atoms with E-state index in [1.54, 1.807) is 18.2 Å². The monoisotopic (exact) mass is 322 g/mol. The molecule has 7 nitrogen and oxygen atoms in total. The van der Waals surface area contributed by atoms with Crippen LogP contribution in [0, 0.1) is 12.3 Å². The van der Waals surface area contributed by atoms with E-state index in [4.69, 9.17) is 6.42 Å². The Morgan fingerprint density at radius 3 is 2.81 bits per heavy atom. The van der Waals surface area contributed by atoms with E-state index in [0.29, 0.717) is 11.3 Å². The van der Waals surface area contributed by atoms with Gasteiger partial charge in [-0.2, -0.15) is 8.42 Å². The van der Waals surface area contributed by atoms with Crippen LogP contribution in [0.25, 0.3) is 0 Å². The Kier molecular flexibility index (Phi) is 4.21. The molecular formula is C12H10N4O3S2. The molecule has 0 radical (unpaired) electrons. The van der Waals surface area contributed by atoms with Gasteiger partial charge in [0.1, 0.15) is 0 Å². The topological polar surface area (TPSA) is 101 Å². The molecule has 0 aliphatic carbocycles. The van der Waals surface area contributed by atoms with E-state index in [1.165, 1.54) is 13.0 Å². The number of aromatic nitrogens is 2. The first-order valence-electron chi connectivity index (χ1n) is 5.61. The van der Waals surface area contributed by atoms with Crippen LogP contribution in [-0.2, 0) is 14.8 Å². The zero-order valence-electron chi connectivity index (χ0n) is 10.8. The minimum Gasteiger partial charge on any atom is -0.301 e. The number of rotatable bonds is 4. The Balaban J connectivity index is 2.23. The normalized spacial score (nSPS) is 10.7. The highest BCUT2D eigenvalue weighted by molar-refractivity contribution is 7.94. The van der Waals surface area contributed by atoms with Crippen LogP contribution >= 0.6 is 11.3 Å². The molecule has 0 atom stereocenters. The molecule has 0 saturated heterocycles. The number of hydrogen-bond donors (Lipinski definition) is 2. The van der Waals surface area contributed by atoms with Crippen molar-refractivity contribution in [3.05, 3.63) is 29.8 Å². The fourth-order valence-electron chi connectivity index (χ4n) is 1.39. The van der Waals surface area contributed by atoms with Crippen LogP contribution in [-0.4, -0.2) is 24.5 Å². The summed E-state index contributed by atoms with van der Waals surface area (Å²) in [6, 6.07) is 6.40. The molecule has 1 heterocycles. The minimum atomic E-state index is -3.88. The number of anilines is 2. The standard InChI is InChI=1S/C12H10N4O3S2/c1-3-9-5-4-6-10(7-9)16-21(18,19)12-15-14-11(20-12)13-8(2)17/h1,4-7,16H,2H3,(H,13,14,17). The average molecular weight is 322 g/mol. The highest BCUT2D eigenvalue weighted by Gasteiger charge is 2.20. The van der Waals surface area contributed by atoms with Gasteiger partial charge in [-0.1, -0.05) is 23.3 Å². The van der Waals surface area contributed by atoms with Crippen molar-refractivity contribution in [3.8, 4) is 12.3 Å². The van der Waals surface area contributed by atoms with E-state index in [1.807, 2.05) is 0 Å². The lowest BCUT2D eigenvalue weighted by molar-refractivity contribution is -0.114. The summed E-state index contributed by atoms with van der Waals surface area (Å²) in [6.07, 6.45) is 5.26. The maximum absolute atomic E-state index is 12.1. The predicted octanol–water partition coefficient (Wildman–Crippen LogP) is 1.28. The Morgan fingerprint density at radius 1 is 1.38 bits per heavy atom. The van der Waals surface area contributed by atoms with Gasteiger partial charge in [0.15, 0.2) is 0 Å². The average Bonchev–Trinajstić information content (AvgIpc) is 2.87. The zero-order chi connectivity index (χ0) is 15.5. The van der Waals surface area contributed by atoms with Gasteiger partial charge >= 0.3 is 0 Å². The summed E-state index contributed by atoms with van der Waals surface area (Å²) in [5, 5.41) is 9.60. The molecule has 0 unspecified atom stereocenters. The lowest BCUT2D eigenvalue weighted by atomic mass is 10.2. The molecule has 2 aromatic rings. The third kappa shape index (κ3) is 3.77. The van der Waals surface area contributed by atoms with E-state index in [-0.39, 0.29) is 15.4 Å². The molecule has 0 aliphatic rings. The van der Waals surface area contributed by atoms with Crippen molar-refractivity contribution in [2.45, 2.75) is 11.3 Å². The van der Waals surface area contributed by atoms with Gasteiger partial charge in [0.25, 0.3) is 14.4 Å². The van der Waals surface area contributed by atoms with E-state index >= 15 is 0 Å². The first-order chi connectivity index (χ1) is 9.90. The van der Waals surface area contributed by atoms with Crippen molar-refractivity contribution in [3.63, 3.8) is 0 Å². The fourth-order valence-corrected chi connectivity index (χ4v) is 3.39. The van der Waals surface area contributed by atoms with Gasteiger partial charge in [-0.05, 0) is 18.2 Å². The Labute approximate surface area is 125 Å². The molecule has 0 fully saturated rings. The van der Waals surface area contributed by atoms with Gasteiger partial charge in [0, 0.05) is 12.5 Å². The van der Waals surface area contributed by atoms with Crippen LogP contribution in [0.1, 0.15) is 12.5 Å². The van der Waals surface area contributed by atoms with Gasteiger partial charge < -0.3 is 5.32 Å². The zero-order valence-corrected chi connectivity index (χ0v) is 12.5. The van der Waals surface area contributed by atoms with Crippen molar-refractivity contribution >= 4 is 38.1 Å². The third-order valence-corrected chi connectivity index (χ3v) is 4.79. The molecule has 0 spiro atoms. The number of terminal acetylenes is 1. The Hall–Kier alpha value is -2.44. The quantitative estimate of drug-likeness (QED) is 0.652. The molecule has 0 bridgehead atoms. The van der Waals surface area contributed by atoms with Crippen molar-refractivity contribution in [2.75, 3.05) is 10.0 Å². The Bertz CT molecular complexity index is 821. The maximum atomic E-state index is 12.1. The smallest absolute Gasteiger partial charge is 0.291 e. The van der Waals surface area contributed by atoms with E-state index < -0.39 is 10.0 Å². The van der Waals surface area contributed by atoms with Gasteiger partial charge in [-0.3, -0.25) is 9.52 Å². The molecule has 0 saturated carbocycles. The summed E-state index contributed by atoms with van der Waals surface area (Å²) >= 11 is 0.752. The maximum Gasteiger partial charge on any atom is 0.291 e. The summed E-state index contributed by atoms with van der Waals surface area (Å²) in [5.74, 6) is 2.05. The highest BCUT2D eigenvalue weighted by atomic mass is 32.2. The summed E-state index contributed by atoms with van der Waals surface area (Å²) in [4.78, 5) is 10.9. The van der Waals surface area contributed by atoms with Crippen LogP contribution in [0.3, 0.4) is 0 Å². The Morgan fingerprint density at radius 2 is 2.14 bits per heavy atom.